The molecule has 2 N–H and O–H groups in total. The molecule has 1 heterocycles. The summed E-state index contributed by atoms with van der Waals surface area (Å²) in [4.78, 5) is 24.7. The van der Waals surface area contributed by atoms with Gasteiger partial charge in [0, 0.05) is 36.7 Å². The van der Waals surface area contributed by atoms with Crippen LogP contribution in [-0.4, -0.2) is 70.7 Å². The minimum absolute atomic E-state index is 0.0407. The van der Waals surface area contributed by atoms with Gasteiger partial charge >= 0.3 is 12.1 Å². The maximum atomic E-state index is 12.6. The number of ether oxygens (including phenoxy) is 8. The Morgan fingerprint density at radius 3 is 1.88 bits per heavy atom. The standard InChI is InChI=1S/C49H71NO10/c1-11-12-17-35(4)46(60-49(50)52)36(5)43(56-30-39-22-26-41(54-9)27-23-39)20-15-13-18-33(2)45(57-31-40-24-28-42(55-10)29-25-40)34(3)19-14-16-21-44-37(6)47(58-32-53-8)38(7)48(51)59-44/h11-14,17-19,22-29,33-38,43-47H,1,15-16,20-21,30-32H2,2-10H3,(H2,50,52)/b17-12-,18-13-,19-14-/t33-,34-,35-,36-,37+,38+,43+,44-,45+,46-,47-/m0/s1. The van der Waals surface area contributed by atoms with Gasteiger partial charge in [0.05, 0.1) is 51.7 Å². The average molecular weight is 834 g/mol. The van der Waals surface area contributed by atoms with Gasteiger partial charge < -0.3 is 43.6 Å². The Hall–Kier alpha value is -4.42. The molecule has 0 unspecified atom stereocenters. The van der Waals surface area contributed by atoms with Gasteiger partial charge in [-0.2, -0.15) is 0 Å². The molecule has 0 spiro atoms. The highest BCUT2D eigenvalue weighted by Crippen LogP contribution is 2.32. The minimum Gasteiger partial charge on any atom is -0.497 e. The number of benzene rings is 2. The number of hydrogen-bond donors (Lipinski definition) is 1. The summed E-state index contributed by atoms with van der Waals surface area (Å²) in [5.41, 5.74) is 7.62. The van der Waals surface area contributed by atoms with Crippen LogP contribution in [0.3, 0.4) is 0 Å². The molecule has 0 aliphatic carbocycles. The number of amides is 1. The molecule has 0 bridgehead atoms. The van der Waals surface area contributed by atoms with Gasteiger partial charge in [0.1, 0.15) is 30.5 Å². The van der Waals surface area contributed by atoms with E-state index in [0.717, 1.165) is 35.5 Å². The molecule has 3 rings (SSSR count). The summed E-state index contributed by atoms with van der Waals surface area (Å²) >= 11 is 0. The van der Waals surface area contributed by atoms with Crippen LogP contribution in [0.4, 0.5) is 4.79 Å². The molecule has 0 aromatic heterocycles. The number of rotatable bonds is 27. The van der Waals surface area contributed by atoms with E-state index in [2.05, 4.69) is 51.7 Å². The zero-order valence-electron chi connectivity index (χ0n) is 37.3. The summed E-state index contributed by atoms with van der Waals surface area (Å²) in [5.74, 6) is 0.868. The predicted molar refractivity (Wildman–Crippen MR) is 235 cm³/mol. The van der Waals surface area contributed by atoms with Crippen molar-refractivity contribution in [3.63, 3.8) is 0 Å². The summed E-state index contributed by atoms with van der Waals surface area (Å²) < 4.78 is 46.4. The first-order valence-electron chi connectivity index (χ1n) is 21.2. The van der Waals surface area contributed by atoms with E-state index in [9.17, 15) is 9.59 Å². The molecule has 1 fully saturated rings. The summed E-state index contributed by atoms with van der Waals surface area (Å²) in [6.45, 7) is 17.0. The maximum Gasteiger partial charge on any atom is 0.404 e. The lowest BCUT2D eigenvalue weighted by atomic mass is 9.84. The van der Waals surface area contributed by atoms with Gasteiger partial charge in [-0.3, -0.25) is 4.79 Å². The molecule has 1 aliphatic heterocycles. The van der Waals surface area contributed by atoms with E-state index in [0.29, 0.717) is 26.1 Å². The van der Waals surface area contributed by atoms with E-state index in [1.807, 2.05) is 81.5 Å². The maximum absolute atomic E-state index is 12.6. The van der Waals surface area contributed by atoms with Crippen LogP contribution >= 0.6 is 0 Å². The monoisotopic (exact) mass is 834 g/mol. The molecule has 11 atom stereocenters. The fraction of sp³-hybridized carbons (Fsp3) is 0.551. The highest BCUT2D eigenvalue weighted by Gasteiger charge is 2.42. The predicted octanol–water partition coefficient (Wildman–Crippen LogP) is 9.78. The smallest absolute Gasteiger partial charge is 0.404 e. The van der Waals surface area contributed by atoms with Crippen molar-refractivity contribution in [2.24, 2.45) is 41.2 Å². The zero-order valence-corrected chi connectivity index (χ0v) is 37.3. The Bertz CT molecular complexity index is 1640. The lowest BCUT2D eigenvalue weighted by molar-refractivity contribution is -0.194. The quantitative estimate of drug-likeness (QED) is 0.0401. The van der Waals surface area contributed by atoms with Crippen LogP contribution in [0.2, 0.25) is 0 Å². The van der Waals surface area contributed by atoms with Gasteiger partial charge in [0.2, 0.25) is 0 Å². The number of cyclic esters (lactones) is 1. The van der Waals surface area contributed by atoms with Crippen LogP contribution in [0.1, 0.15) is 78.4 Å². The normalized spacial score (nSPS) is 21.9. The van der Waals surface area contributed by atoms with Crippen LogP contribution in [0.5, 0.6) is 11.5 Å². The highest BCUT2D eigenvalue weighted by molar-refractivity contribution is 5.74. The van der Waals surface area contributed by atoms with E-state index in [1.54, 1.807) is 27.4 Å². The van der Waals surface area contributed by atoms with Crippen LogP contribution in [0.15, 0.2) is 97.6 Å². The molecular formula is C49H71NO10. The third-order valence-corrected chi connectivity index (χ3v) is 11.4. The van der Waals surface area contributed by atoms with Gasteiger partial charge in [-0.1, -0.05) is 108 Å². The Morgan fingerprint density at radius 2 is 1.35 bits per heavy atom. The summed E-state index contributed by atoms with van der Waals surface area (Å²) in [6.07, 6.45) is 14.9. The van der Waals surface area contributed by atoms with Crippen molar-refractivity contribution in [3.05, 3.63) is 109 Å². The van der Waals surface area contributed by atoms with Crippen molar-refractivity contribution in [1.29, 1.82) is 0 Å². The number of esters is 1. The van der Waals surface area contributed by atoms with E-state index >= 15 is 0 Å². The zero-order chi connectivity index (χ0) is 44.0. The van der Waals surface area contributed by atoms with Gasteiger partial charge in [0.25, 0.3) is 0 Å². The number of allylic oxidation sites excluding steroid dienone is 4. The molecule has 2 aromatic rings. The van der Waals surface area contributed by atoms with Crippen LogP contribution < -0.4 is 15.2 Å². The summed E-state index contributed by atoms with van der Waals surface area (Å²) in [7, 11) is 4.87. The van der Waals surface area contributed by atoms with E-state index < -0.39 is 12.2 Å². The number of carbonyl (C=O) groups excluding carboxylic acids is 2. The SMILES string of the molecule is C=C/C=C\[C@H](C)[C@H](OC(N)=O)[C@@H](C)[C@@H](CC/C=C\[C@H](C)[C@@H](OCc1ccc(OC)cc1)[C@@H](C)/C=C\CC[C@@H]1OC(=O)[C@H](C)[C@@H](OCOC)[C@@H]1C)OCc1ccc(OC)cc1. The molecule has 332 valence electrons. The fourth-order valence-corrected chi connectivity index (χ4v) is 7.81. The Kier molecular flexibility index (Phi) is 22.2. The lowest BCUT2D eigenvalue weighted by Crippen LogP contribution is -2.48. The molecule has 11 heteroatoms. The third-order valence-electron chi connectivity index (χ3n) is 11.4. The molecule has 0 saturated carbocycles. The van der Waals surface area contributed by atoms with Gasteiger partial charge in [0.15, 0.2) is 0 Å². The van der Waals surface area contributed by atoms with E-state index in [1.165, 1.54) is 0 Å². The van der Waals surface area contributed by atoms with Crippen molar-refractivity contribution in [3.8, 4) is 11.5 Å². The molecule has 0 radical (unpaired) electrons. The highest BCUT2D eigenvalue weighted by atomic mass is 16.7. The van der Waals surface area contributed by atoms with E-state index in [-0.39, 0.29) is 72.7 Å². The van der Waals surface area contributed by atoms with Gasteiger partial charge in [-0.15, -0.1) is 0 Å². The number of carbonyl (C=O) groups is 2. The fourth-order valence-electron chi connectivity index (χ4n) is 7.81. The molecule has 11 nitrogen and oxygen atoms in total. The molecule has 1 aliphatic rings. The second-order valence-corrected chi connectivity index (χ2v) is 16.0. The first-order chi connectivity index (χ1) is 28.8. The number of methoxy groups -OCH3 is 3. The molecule has 1 saturated heterocycles. The Balaban J connectivity index is 1.75. The van der Waals surface area contributed by atoms with Crippen molar-refractivity contribution in [1.82, 2.24) is 0 Å². The molecular weight excluding hydrogens is 763 g/mol. The lowest BCUT2D eigenvalue weighted by Gasteiger charge is -2.38. The van der Waals surface area contributed by atoms with Crippen LogP contribution in [-0.2, 0) is 46.4 Å². The molecule has 1 amide bonds. The first kappa shape index (κ1) is 49.9. The van der Waals surface area contributed by atoms with Gasteiger partial charge in [-0.25, -0.2) is 4.79 Å². The van der Waals surface area contributed by atoms with Crippen molar-refractivity contribution in [2.45, 2.75) is 111 Å². The van der Waals surface area contributed by atoms with Crippen molar-refractivity contribution >= 4 is 12.1 Å². The van der Waals surface area contributed by atoms with Gasteiger partial charge in [-0.05, 0) is 68.0 Å². The number of primary amides is 1. The molecule has 2 aromatic carbocycles. The summed E-state index contributed by atoms with van der Waals surface area (Å²) in [6, 6.07) is 15.7. The Labute approximate surface area is 359 Å². The minimum atomic E-state index is -0.819. The first-order valence-corrected chi connectivity index (χ1v) is 21.2. The topological polar surface area (TPSA) is 134 Å². The Morgan fingerprint density at radius 1 is 0.800 bits per heavy atom. The van der Waals surface area contributed by atoms with Crippen molar-refractivity contribution < 1.29 is 47.5 Å². The van der Waals surface area contributed by atoms with Crippen LogP contribution in [0.25, 0.3) is 0 Å². The number of hydrogen-bond acceptors (Lipinski definition) is 10. The number of nitrogens with two attached hydrogens (primary N) is 1. The second kappa shape index (κ2) is 26.7. The largest absolute Gasteiger partial charge is 0.497 e. The second-order valence-electron chi connectivity index (χ2n) is 16.0. The summed E-state index contributed by atoms with van der Waals surface area (Å²) in [5, 5.41) is 0. The average Bonchev–Trinajstić information content (AvgIpc) is 3.24. The van der Waals surface area contributed by atoms with Crippen molar-refractivity contribution in [2.75, 3.05) is 28.1 Å². The van der Waals surface area contributed by atoms with Crippen LogP contribution in [0, 0.1) is 35.5 Å². The third kappa shape index (κ3) is 16.2. The van der Waals surface area contributed by atoms with E-state index in [4.69, 9.17) is 43.6 Å². The molecule has 60 heavy (non-hydrogen) atoms.